The Morgan fingerprint density at radius 1 is 1.33 bits per heavy atom. The van der Waals surface area contributed by atoms with Crippen LogP contribution in [0.15, 0.2) is 0 Å². The molecule has 0 radical (unpaired) electrons. The summed E-state index contributed by atoms with van der Waals surface area (Å²) in [7, 11) is 1.21. The van der Waals surface area contributed by atoms with Crippen molar-refractivity contribution in [1.82, 2.24) is 0 Å². The molecule has 0 rings (SSSR count). The van der Waals surface area contributed by atoms with Gasteiger partial charge in [-0.1, -0.05) is 33.6 Å². The molecule has 0 spiro atoms. The molecule has 0 N–H and O–H groups in total. The lowest BCUT2D eigenvalue weighted by molar-refractivity contribution is 0.583. The zero-order chi connectivity index (χ0) is 7.11. The number of hydrogen-bond acceptors (Lipinski definition) is 0. The highest BCUT2D eigenvalue weighted by Gasteiger charge is 1.97. The Hall–Kier alpha value is 0.430. The van der Waals surface area contributed by atoms with Crippen LogP contribution in [0.5, 0.6) is 0 Å². The molecule has 0 aromatic rings. The second kappa shape index (κ2) is 6.55. The highest BCUT2D eigenvalue weighted by Crippen LogP contribution is 2.17. The van der Waals surface area contributed by atoms with Crippen LogP contribution in [0.25, 0.3) is 0 Å². The van der Waals surface area contributed by atoms with E-state index in [0.29, 0.717) is 0 Å². The Balaban J connectivity index is 2.95. The van der Waals surface area contributed by atoms with Crippen LogP contribution >= 0.6 is 8.58 Å². The summed E-state index contributed by atoms with van der Waals surface area (Å²) in [4.78, 5) is 0. The predicted octanol–water partition coefficient (Wildman–Crippen LogP) is 3.12. The third kappa shape index (κ3) is 6.31. The molecular formula is C8H19P. The van der Waals surface area contributed by atoms with Gasteiger partial charge in [0, 0.05) is 0 Å². The van der Waals surface area contributed by atoms with Gasteiger partial charge in [-0.05, 0) is 18.2 Å². The number of hydrogen-bond donors (Lipinski definition) is 0. The van der Waals surface area contributed by atoms with Crippen LogP contribution in [0.1, 0.15) is 33.6 Å². The van der Waals surface area contributed by atoms with Gasteiger partial charge < -0.3 is 0 Å². The topological polar surface area (TPSA) is 0 Å². The van der Waals surface area contributed by atoms with E-state index < -0.39 is 0 Å². The molecule has 1 heteroatoms. The monoisotopic (exact) mass is 146 g/mol. The van der Waals surface area contributed by atoms with Crippen molar-refractivity contribution in [2.45, 2.75) is 33.6 Å². The van der Waals surface area contributed by atoms with Crippen molar-refractivity contribution < 1.29 is 0 Å². The summed E-state index contributed by atoms with van der Waals surface area (Å²) in [6, 6.07) is 0. The minimum Gasteiger partial charge on any atom is -0.122 e. The van der Waals surface area contributed by atoms with Gasteiger partial charge in [0.15, 0.2) is 0 Å². The van der Waals surface area contributed by atoms with Crippen molar-refractivity contribution >= 4 is 8.58 Å². The van der Waals surface area contributed by atoms with E-state index in [9.17, 15) is 0 Å². The van der Waals surface area contributed by atoms with Crippen molar-refractivity contribution in [2.24, 2.45) is 5.92 Å². The molecule has 0 aromatic heterocycles. The minimum absolute atomic E-state index is 0.980. The standard InChI is InChI=1S/C8H19P/c1-4-6-8(3)7-9-5-2/h8-9H,4-7H2,1-3H3. The first-order chi connectivity index (χ1) is 4.31. The van der Waals surface area contributed by atoms with Gasteiger partial charge in [-0.3, -0.25) is 0 Å². The van der Waals surface area contributed by atoms with E-state index in [4.69, 9.17) is 0 Å². The van der Waals surface area contributed by atoms with E-state index in [2.05, 4.69) is 20.8 Å². The van der Waals surface area contributed by atoms with Crippen LogP contribution < -0.4 is 0 Å². The number of rotatable bonds is 5. The smallest absolute Gasteiger partial charge is 0.0328 e. The maximum atomic E-state index is 2.37. The molecule has 2 unspecified atom stereocenters. The Morgan fingerprint density at radius 2 is 2.00 bits per heavy atom. The Labute approximate surface area is 61.2 Å². The molecule has 0 heterocycles. The van der Waals surface area contributed by atoms with E-state index >= 15 is 0 Å². The fourth-order valence-electron chi connectivity index (χ4n) is 0.986. The maximum absolute atomic E-state index is 2.37. The highest BCUT2D eigenvalue weighted by molar-refractivity contribution is 7.37. The van der Waals surface area contributed by atoms with Gasteiger partial charge in [0.05, 0.1) is 0 Å². The van der Waals surface area contributed by atoms with Gasteiger partial charge in [0.25, 0.3) is 0 Å². The van der Waals surface area contributed by atoms with Crippen molar-refractivity contribution in [3.05, 3.63) is 0 Å². The largest absolute Gasteiger partial charge is 0.122 e. The Kier molecular flexibility index (Phi) is 6.86. The average Bonchev–Trinajstić information content (AvgIpc) is 1.85. The second-order valence-electron chi connectivity index (χ2n) is 2.70. The first-order valence-corrected chi connectivity index (χ1v) is 5.43. The van der Waals surface area contributed by atoms with Crippen LogP contribution in [0, 0.1) is 5.92 Å². The third-order valence-electron chi connectivity index (χ3n) is 1.52. The second-order valence-corrected chi connectivity index (χ2v) is 4.32. The van der Waals surface area contributed by atoms with Gasteiger partial charge in [-0.15, -0.1) is 8.58 Å². The molecule has 0 nitrogen and oxygen atoms in total. The Bertz CT molecular complexity index is 52.5. The molecule has 0 saturated heterocycles. The minimum atomic E-state index is 0.980. The molecule has 0 saturated carbocycles. The zero-order valence-corrected chi connectivity index (χ0v) is 7.91. The quantitative estimate of drug-likeness (QED) is 0.523. The SMILES string of the molecule is CCCC(C)CPCC. The molecule has 0 aromatic carbocycles. The van der Waals surface area contributed by atoms with Crippen LogP contribution in [0.2, 0.25) is 0 Å². The fourth-order valence-corrected chi connectivity index (χ4v) is 1.97. The summed E-state index contributed by atoms with van der Waals surface area (Å²) in [5, 5.41) is 0. The lowest BCUT2D eigenvalue weighted by Gasteiger charge is -2.07. The average molecular weight is 146 g/mol. The normalized spacial score (nSPS) is 15.0. The van der Waals surface area contributed by atoms with Gasteiger partial charge in [-0.2, -0.15) is 0 Å². The van der Waals surface area contributed by atoms with Gasteiger partial charge >= 0.3 is 0 Å². The van der Waals surface area contributed by atoms with Gasteiger partial charge in [0.1, 0.15) is 0 Å². The van der Waals surface area contributed by atoms with Crippen molar-refractivity contribution in [1.29, 1.82) is 0 Å². The van der Waals surface area contributed by atoms with E-state index in [1.54, 1.807) is 0 Å². The molecule has 56 valence electrons. The molecule has 0 amide bonds. The molecule has 2 atom stereocenters. The Morgan fingerprint density at radius 3 is 2.44 bits per heavy atom. The summed E-state index contributed by atoms with van der Waals surface area (Å²) in [6.07, 6.45) is 5.63. The van der Waals surface area contributed by atoms with Crippen molar-refractivity contribution in [3.8, 4) is 0 Å². The summed E-state index contributed by atoms with van der Waals surface area (Å²) in [6.45, 7) is 6.91. The van der Waals surface area contributed by atoms with E-state index in [0.717, 1.165) is 5.92 Å². The molecule has 0 aliphatic heterocycles. The van der Waals surface area contributed by atoms with Crippen LogP contribution in [-0.2, 0) is 0 Å². The van der Waals surface area contributed by atoms with Crippen molar-refractivity contribution in [2.75, 3.05) is 12.3 Å². The molecule has 0 fully saturated rings. The van der Waals surface area contributed by atoms with Crippen LogP contribution in [0.3, 0.4) is 0 Å². The van der Waals surface area contributed by atoms with Crippen molar-refractivity contribution in [3.63, 3.8) is 0 Å². The van der Waals surface area contributed by atoms with Gasteiger partial charge in [0.2, 0.25) is 0 Å². The summed E-state index contributed by atoms with van der Waals surface area (Å²) >= 11 is 0. The maximum Gasteiger partial charge on any atom is -0.0328 e. The summed E-state index contributed by atoms with van der Waals surface area (Å²) in [5.41, 5.74) is 0. The summed E-state index contributed by atoms with van der Waals surface area (Å²) < 4.78 is 0. The molecule has 0 aliphatic rings. The fraction of sp³-hybridized carbons (Fsp3) is 1.00. The summed E-state index contributed by atoms with van der Waals surface area (Å²) in [5.74, 6) is 0.980. The molecule has 0 aliphatic carbocycles. The first-order valence-electron chi connectivity index (χ1n) is 4.02. The predicted molar refractivity (Wildman–Crippen MR) is 47.8 cm³/mol. The van der Waals surface area contributed by atoms with Gasteiger partial charge in [-0.25, -0.2) is 0 Å². The molecule has 0 bridgehead atoms. The van der Waals surface area contributed by atoms with E-state index in [-0.39, 0.29) is 0 Å². The lowest BCUT2D eigenvalue weighted by Crippen LogP contribution is -1.95. The molecule has 9 heavy (non-hydrogen) atoms. The zero-order valence-electron chi connectivity index (χ0n) is 6.91. The highest BCUT2D eigenvalue weighted by atomic mass is 31.1. The van der Waals surface area contributed by atoms with E-state index in [1.165, 1.54) is 33.7 Å². The van der Waals surface area contributed by atoms with Crippen LogP contribution in [0.4, 0.5) is 0 Å². The van der Waals surface area contributed by atoms with Crippen LogP contribution in [-0.4, -0.2) is 12.3 Å². The molecular weight excluding hydrogens is 127 g/mol. The van der Waals surface area contributed by atoms with E-state index in [1.807, 2.05) is 0 Å². The first kappa shape index (κ1) is 9.43. The third-order valence-corrected chi connectivity index (χ3v) is 3.01. The lowest BCUT2D eigenvalue weighted by atomic mass is 10.1.